The van der Waals surface area contributed by atoms with E-state index >= 15 is 0 Å². The second kappa shape index (κ2) is 6.20. The van der Waals surface area contributed by atoms with Crippen LogP contribution in [-0.2, 0) is 17.8 Å². The largest absolute Gasteiger partial charge is 0.334 e. The average molecular weight is 345 g/mol. The summed E-state index contributed by atoms with van der Waals surface area (Å²) in [4.78, 5) is 15.9. The lowest BCUT2D eigenvalue weighted by Crippen LogP contribution is -2.39. The Morgan fingerprint density at radius 2 is 1.96 bits per heavy atom. The number of thioether (sulfide) groups is 1. The molecule has 0 saturated heterocycles. The van der Waals surface area contributed by atoms with Gasteiger partial charge in [-0.25, -0.2) is 8.78 Å². The van der Waals surface area contributed by atoms with Crippen molar-refractivity contribution in [1.82, 2.24) is 4.90 Å². The Hall–Kier alpha value is -1.88. The number of halogens is 2. The molecule has 24 heavy (non-hydrogen) atoms. The molecular formula is C19H17F2NOS. The molecule has 1 aliphatic carbocycles. The molecular weight excluding hydrogens is 328 g/mol. The molecule has 1 unspecified atom stereocenters. The zero-order valence-corrected chi connectivity index (χ0v) is 13.9. The van der Waals surface area contributed by atoms with E-state index in [1.165, 1.54) is 17.7 Å². The summed E-state index contributed by atoms with van der Waals surface area (Å²) in [5, 5.41) is -0.147. The lowest BCUT2D eigenvalue weighted by molar-refractivity contribution is -0.131. The molecule has 5 heteroatoms. The van der Waals surface area contributed by atoms with Gasteiger partial charge < -0.3 is 4.90 Å². The highest BCUT2D eigenvalue weighted by Gasteiger charge is 2.38. The minimum Gasteiger partial charge on any atom is -0.334 e. The van der Waals surface area contributed by atoms with Gasteiger partial charge in [0.05, 0.1) is 5.25 Å². The molecule has 2 nitrogen and oxygen atoms in total. The van der Waals surface area contributed by atoms with Crippen molar-refractivity contribution in [2.45, 2.75) is 42.0 Å². The summed E-state index contributed by atoms with van der Waals surface area (Å²) in [7, 11) is 0. The van der Waals surface area contributed by atoms with Crippen molar-refractivity contribution in [3.05, 3.63) is 65.2 Å². The Labute approximate surface area is 143 Å². The highest BCUT2D eigenvalue weighted by Crippen LogP contribution is 2.39. The van der Waals surface area contributed by atoms with E-state index in [-0.39, 0.29) is 23.7 Å². The highest BCUT2D eigenvalue weighted by molar-refractivity contribution is 8.01. The van der Waals surface area contributed by atoms with Gasteiger partial charge in [0, 0.05) is 29.1 Å². The number of carbonyl (C=O) groups excluding carboxylic acids is 1. The molecule has 2 aliphatic rings. The van der Waals surface area contributed by atoms with E-state index in [0.29, 0.717) is 5.56 Å². The molecule has 1 aliphatic heterocycles. The lowest BCUT2D eigenvalue weighted by atomic mass is 10.1. The molecule has 1 atom stereocenters. The first-order valence-electron chi connectivity index (χ1n) is 8.11. The van der Waals surface area contributed by atoms with Crippen LogP contribution in [0.4, 0.5) is 8.78 Å². The highest BCUT2D eigenvalue weighted by atomic mass is 32.2. The molecule has 4 rings (SSSR count). The first kappa shape index (κ1) is 15.6. The van der Waals surface area contributed by atoms with Crippen LogP contribution in [0, 0.1) is 11.6 Å². The number of fused-ring (bicyclic) bond motifs is 1. The van der Waals surface area contributed by atoms with Crippen molar-refractivity contribution >= 4 is 17.7 Å². The fourth-order valence-corrected chi connectivity index (χ4v) is 4.38. The molecule has 124 valence electrons. The second-order valence-corrected chi connectivity index (χ2v) is 7.60. The smallest absolute Gasteiger partial charge is 0.236 e. The van der Waals surface area contributed by atoms with E-state index in [1.54, 1.807) is 16.7 Å². The van der Waals surface area contributed by atoms with Crippen LogP contribution in [-0.4, -0.2) is 22.1 Å². The first-order chi connectivity index (χ1) is 11.6. The third kappa shape index (κ3) is 3.05. The minimum absolute atomic E-state index is 0.0578. The van der Waals surface area contributed by atoms with E-state index in [2.05, 4.69) is 6.07 Å². The normalized spacial score (nSPS) is 19.2. The Kier molecular flexibility index (Phi) is 4.04. The summed E-state index contributed by atoms with van der Waals surface area (Å²) >= 11 is 1.59. The Morgan fingerprint density at radius 3 is 2.67 bits per heavy atom. The summed E-state index contributed by atoms with van der Waals surface area (Å²) in [6.07, 6.45) is 2.63. The molecule has 0 aromatic heterocycles. The lowest BCUT2D eigenvalue weighted by Gasteiger charge is -2.25. The molecule has 0 N–H and O–H groups in total. The van der Waals surface area contributed by atoms with Crippen molar-refractivity contribution in [2.75, 3.05) is 0 Å². The van der Waals surface area contributed by atoms with Gasteiger partial charge in [-0.2, -0.15) is 0 Å². The van der Waals surface area contributed by atoms with Crippen LogP contribution < -0.4 is 0 Å². The van der Waals surface area contributed by atoms with Crippen LogP contribution in [0.5, 0.6) is 0 Å². The Bertz CT molecular complexity index is 766. The summed E-state index contributed by atoms with van der Waals surface area (Å²) in [5.74, 6) is -1.12. The van der Waals surface area contributed by atoms with Gasteiger partial charge in [-0.15, -0.1) is 11.8 Å². The molecule has 1 heterocycles. The van der Waals surface area contributed by atoms with E-state index in [4.69, 9.17) is 0 Å². The molecule has 1 amide bonds. The Morgan fingerprint density at radius 1 is 1.17 bits per heavy atom. The zero-order valence-electron chi connectivity index (χ0n) is 13.0. The van der Waals surface area contributed by atoms with Crippen LogP contribution in [0.25, 0.3) is 0 Å². The monoisotopic (exact) mass is 345 g/mol. The van der Waals surface area contributed by atoms with Crippen molar-refractivity contribution in [1.29, 1.82) is 0 Å². The van der Waals surface area contributed by atoms with Crippen LogP contribution in [0.15, 0.2) is 47.4 Å². The van der Waals surface area contributed by atoms with Gasteiger partial charge >= 0.3 is 0 Å². The predicted octanol–water partition coefficient (Wildman–Crippen LogP) is 4.17. The average Bonchev–Trinajstić information content (AvgIpc) is 3.31. The number of hydrogen-bond donors (Lipinski definition) is 0. The van der Waals surface area contributed by atoms with Gasteiger partial charge in [0.1, 0.15) is 11.6 Å². The molecule has 0 bridgehead atoms. The number of rotatable bonds is 4. The number of nitrogens with zero attached hydrogens (tertiary/aromatic N) is 1. The van der Waals surface area contributed by atoms with Gasteiger partial charge in [0.15, 0.2) is 0 Å². The number of amides is 1. The molecule has 1 saturated carbocycles. The van der Waals surface area contributed by atoms with Crippen molar-refractivity contribution in [2.24, 2.45) is 0 Å². The summed E-state index contributed by atoms with van der Waals surface area (Å²) < 4.78 is 27.1. The van der Waals surface area contributed by atoms with Crippen LogP contribution in [0.1, 0.15) is 24.0 Å². The SMILES string of the molecule is O=C(C1Cc2ccccc2S1)N(Cc1ccc(F)cc1F)C1CC1. The van der Waals surface area contributed by atoms with E-state index in [9.17, 15) is 13.6 Å². The van der Waals surface area contributed by atoms with Crippen LogP contribution in [0.2, 0.25) is 0 Å². The fourth-order valence-electron chi connectivity index (χ4n) is 3.11. The fraction of sp³-hybridized carbons (Fsp3) is 0.316. The van der Waals surface area contributed by atoms with Crippen molar-refractivity contribution < 1.29 is 13.6 Å². The maximum Gasteiger partial charge on any atom is 0.236 e. The summed E-state index contributed by atoms with van der Waals surface area (Å²) in [5.41, 5.74) is 1.57. The molecule has 1 fully saturated rings. The van der Waals surface area contributed by atoms with Gasteiger partial charge in [0.25, 0.3) is 0 Å². The van der Waals surface area contributed by atoms with E-state index < -0.39 is 11.6 Å². The Balaban J connectivity index is 1.52. The topological polar surface area (TPSA) is 20.3 Å². The minimum atomic E-state index is -0.595. The molecule has 0 radical (unpaired) electrons. The second-order valence-electron chi connectivity index (χ2n) is 6.35. The predicted molar refractivity (Wildman–Crippen MR) is 89.7 cm³/mol. The van der Waals surface area contributed by atoms with E-state index in [1.807, 2.05) is 18.2 Å². The number of carbonyl (C=O) groups is 1. The van der Waals surface area contributed by atoms with Crippen molar-refractivity contribution in [3.8, 4) is 0 Å². The number of hydrogen-bond acceptors (Lipinski definition) is 2. The number of benzene rings is 2. The first-order valence-corrected chi connectivity index (χ1v) is 8.99. The quantitative estimate of drug-likeness (QED) is 0.829. The molecule has 2 aromatic carbocycles. The van der Waals surface area contributed by atoms with E-state index in [0.717, 1.165) is 30.2 Å². The maximum atomic E-state index is 14.0. The summed E-state index contributed by atoms with van der Waals surface area (Å²) in [6, 6.07) is 11.8. The molecule has 0 spiro atoms. The zero-order chi connectivity index (χ0) is 16.7. The third-order valence-corrected chi connectivity index (χ3v) is 5.85. The van der Waals surface area contributed by atoms with Gasteiger partial charge in [0.2, 0.25) is 5.91 Å². The third-order valence-electron chi connectivity index (χ3n) is 4.55. The maximum absolute atomic E-state index is 14.0. The van der Waals surface area contributed by atoms with Gasteiger partial charge in [-0.3, -0.25) is 4.79 Å². The molecule has 2 aromatic rings. The van der Waals surface area contributed by atoms with Crippen LogP contribution >= 0.6 is 11.8 Å². The van der Waals surface area contributed by atoms with Gasteiger partial charge in [-0.05, 0) is 37.0 Å². The summed E-state index contributed by atoms with van der Waals surface area (Å²) in [6.45, 7) is 0.211. The standard InChI is InChI=1S/C19H17F2NOS/c20-14-6-5-13(16(21)10-14)11-22(15-7-8-15)19(23)18-9-12-3-1-2-4-17(12)24-18/h1-6,10,15,18H,7-9,11H2. The van der Waals surface area contributed by atoms with Crippen LogP contribution in [0.3, 0.4) is 0 Å². The van der Waals surface area contributed by atoms with Crippen molar-refractivity contribution in [3.63, 3.8) is 0 Å². The van der Waals surface area contributed by atoms with Gasteiger partial charge in [-0.1, -0.05) is 24.3 Å².